The van der Waals surface area contributed by atoms with E-state index < -0.39 is 0 Å². The highest BCUT2D eigenvalue weighted by molar-refractivity contribution is 5.02. The molecule has 0 radical (unpaired) electrons. The van der Waals surface area contributed by atoms with E-state index in [2.05, 4.69) is 11.8 Å². The molecule has 2 N–H and O–H groups in total. The summed E-state index contributed by atoms with van der Waals surface area (Å²) in [7, 11) is 0. The Morgan fingerprint density at radius 3 is 2.33 bits per heavy atom. The van der Waals surface area contributed by atoms with Crippen LogP contribution in [0.15, 0.2) is 0 Å². The first-order chi connectivity index (χ1) is 4.17. The molecular weight excluding hydrogens is 112 g/mol. The Labute approximate surface area is 56.0 Å². The third-order valence-corrected chi connectivity index (χ3v) is 2.19. The van der Waals surface area contributed by atoms with E-state index in [1.165, 1.54) is 12.8 Å². The number of nitrogens with zero attached hydrogens (tertiary/aromatic N) is 1. The predicted octanol–water partition coefficient (Wildman–Crippen LogP) is 0.182. The second-order valence-corrected chi connectivity index (χ2v) is 3.79. The topological polar surface area (TPSA) is 29.3 Å². The lowest BCUT2D eigenvalue weighted by Gasteiger charge is -2.45. The van der Waals surface area contributed by atoms with Crippen LogP contribution >= 0.6 is 0 Å². The molecule has 2 nitrogen and oxygen atoms in total. The molecule has 0 aromatic heterocycles. The molecule has 2 fully saturated rings. The molecule has 0 aromatic carbocycles. The normalized spacial score (nSPS) is 34.0. The Bertz CT molecular complexity index is 119. The van der Waals surface area contributed by atoms with Crippen LogP contribution in [0.25, 0.3) is 0 Å². The molecule has 1 heterocycles. The smallest absolute Gasteiger partial charge is 0.0384 e. The molecule has 1 saturated carbocycles. The molecular formula is C7H14N2. The van der Waals surface area contributed by atoms with E-state index in [-0.39, 0.29) is 5.54 Å². The summed E-state index contributed by atoms with van der Waals surface area (Å²) in [5, 5.41) is 0. The molecule has 2 heteroatoms. The summed E-state index contributed by atoms with van der Waals surface area (Å²) in [4.78, 5) is 2.49. The van der Waals surface area contributed by atoms with Gasteiger partial charge in [0.25, 0.3) is 0 Å². The minimum absolute atomic E-state index is 0.141. The molecule has 0 spiro atoms. The maximum absolute atomic E-state index is 5.84. The van der Waals surface area contributed by atoms with Crippen LogP contribution in [0.5, 0.6) is 0 Å². The number of hydrogen-bond acceptors (Lipinski definition) is 2. The SMILES string of the molecule is CC1(N)CN(C2CC2)C1. The monoisotopic (exact) mass is 126 g/mol. The van der Waals surface area contributed by atoms with Gasteiger partial charge in [-0.15, -0.1) is 0 Å². The van der Waals surface area contributed by atoms with Crippen molar-refractivity contribution in [3.8, 4) is 0 Å². The van der Waals surface area contributed by atoms with Crippen molar-refractivity contribution in [1.29, 1.82) is 0 Å². The molecule has 2 aliphatic rings. The fourth-order valence-electron chi connectivity index (χ4n) is 1.58. The van der Waals surface area contributed by atoms with Crippen molar-refractivity contribution < 1.29 is 0 Å². The fourth-order valence-corrected chi connectivity index (χ4v) is 1.58. The minimum Gasteiger partial charge on any atom is -0.323 e. The van der Waals surface area contributed by atoms with Crippen molar-refractivity contribution in [2.24, 2.45) is 5.73 Å². The quantitative estimate of drug-likeness (QED) is 0.543. The van der Waals surface area contributed by atoms with Gasteiger partial charge in [-0.3, -0.25) is 4.90 Å². The van der Waals surface area contributed by atoms with Crippen LogP contribution in [0.4, 0.5) is 0 Å². The van der Waals surface area contributed by atoms with E-state index in [1.54, 1.807) is 0 Å². The van der Waals surface area contributed by atoms with Crippen molar-refractivity contribution in [2.75, 3.05) is 13.1 Å². The van der Waals surface area contributed by atoms with E-state index in [9.17, 15) is 0 Å². The van der Waals surface area contributed by atoms with E-state index >= 15 is 0 Å². The summed E-state index contributed by atoms with van der Waals surface area (Å²) in [6.45, 7) is 4.38. The molecule has 1 aliphatic carbocycles. The Morgan fingerprint density at radius 2 is 2.00 bits per heavy atom. The summed E-state index contributed by atoms with van der Waals surface area (Å²) in [6, 6.07) is 0.918. The van der Waals surface area contributed by atoms with Gasteiger partial charge in [-0.1, -0.05) is 0 Å². The summed E-state index contributed by atoms with van der Waals surface area (Å²) >= 11 is 0. The van der Waals surface area contributed by atoms with Crippen molar-refractivity contribution >= 4 is 0 Å². The van der Waals surface area contributed by atoms with Gasteiger partial charge in [-0.25, -0.2) is 0 Å². The Balaban J connectivity index is 1.83. The van der Waals surface area contributed by atoms with Crippen LogP contribution in [-0.2, 0) is 0 Å². The van der Waals surface area contributed by atoms with Crippen molar-refractivity contribution in [3.05, 3.63) is 0 Å². The molecule has 9 heavy (non-hydrogen) atoms. The van der Waals surface area contributed by atoms with Gasteiger partial charge in [0.15, 0.2) is 0 Å². The lowest BCUT2D eigenvalue weighted by molar-refractivity contribution is 0.0758. The highest BCUT2D eigenvalue weighted by atomic mass is 15.3. The average molecular weight is 126 g/mol. The van der Waals surface area contributed by atoms with Gasteiger partial charge in [0.05, 0.1) is 0 Å². The Hall–Kier alpha value is -0.0800. The highest BCUT2D eigenvalue weighted by Gasteiger charge is 2.42. The third kappa shape index (κ3) is 0.970. The first kappa shape index (κ1) is 5.69. The standard InChI is InChI=1S/C7H14N2/c1-7(8)4-9(5-7)6-2-3-6/h6H,2-5,8H2,1H3. The highest BCUT2D eigenvalue weighted by Crippen LogP contribution is 2.33. The van der Waals surface area contributed by atoms with Crippen molar-refractivity contribution in [2.45, 2.75) is 31.3 Å². The first-order valence-corrected chi connectivity index (χ1v) is 3.70. The Morgan fingerprint density at radius 1 is 1.44 bits per heavy atom. The molecule has 2 rings (SSSR count). The van der Waals surface area contributed by atoms with Gasteiger partial charge >= 0.3 is 0 Å². The predicted molar refractivity (Wildman–Crippen MR) is 37.2 cm³/mol. The van der Waals surface area contributed by atoms with Gasteiger partial charge in [0.1, 0.15) is 0 Å². The number of likely N-dealkylation sites (tertiary alicyclic amines) is 1. The van der Waals surface area contributed by atoms with E-state index in [1.807, 2.05) is 0 Å². The lowest BCUT2D eigenvalue weighted by atomic mass is 9.94. The largest absolute Gasteiger partial charge is 0.323 e. The van der Waals surface area contributed by atoms with Crippen molar-refractivity contribution in [1.82, 2.24) is 4.90 Å². The van der Waals surface area contributed by atoms with Crippen LogP contribution < -0.4 is 5.73 Å². The van der Waals surface area contributed by atoms with Crippen LogP contribution in [0.2, 0.25) is 0 Å². The molecule has 0 unspecified atom stereocenters. The molecule has 1 aliphatic heterocycles. The minimum atomic E-state index is 0.141. The number of rotatable bonds is 1. The third-order valence-electron chi connectivity index (χ3n) is 2.19. The second kappa shape index (κ2) is 1.50. The maximum Gasteiger partial charge on any atom is 0.0384 e. The second-order valence-electron chi connectivity index (χ2n) is 3.79. The summed E-state index contributed by atoms with van der Waals surface area (Å²) < 4.78 is 0. The zero-order chi connectivity index (χ0) is 6.48. The van der Waals surface area contributed by atoms with E-state index in [0.717, 1.165) is 19.1 Å². The lowest BCUT2D eigenvalue weighted by Crippen LogP contribution is -2.65. The zero-order valence-electron chi connectivity index (χ0n) is 5.93. The summed E-state index contributed by atoms with van der Waals surface area (Å²) in [5.74, 6) is 0. The van der Waals surface area contributed by atoms with Crippen LogP contribution in [0.3, 0.4) is 0 Å². The molecule has 0 aromatic rings. The van der Waals surface area contributed by atoms with Gasteiger partial charge in [0.2, 0.25) is 0 Å². The van der Waals surface area contributed by atoms with Gasteiger partial charge in [-0.05, 0) is 19.8 Å². The van der Waals surface area contributed by atoms with Gasteiger partial charge < -0.3 is 5.73 Å². The molecule has 52 valence electrons. The first-order valence-electron chi connectivity index (χ1n) is 3.70. The number of nitrogens with two attached hydrogens (primary N) is 1. The summed E-state index contributed by atoms with van der Waals surface area (Å²) in [6.07, 6.45) is 2.83. The zero-order valence-corrected chi connectivity index (χ0v) is 5.93. The molecule has 0 amide bonds. The fraction of sp³-hybridized carbons (Fsp3) is 1.00. The Kier molecular flexibility index (Phi) is 0.945. The van der Waals surface area contributed by atoms with E-state index in [4.69, 9.17) is 5.73 Å². The molecule has 1 saturated heterocycles. The van der Waals surface area contributed by atoms with Crippen LogP contribution in [0.1, 0.15) is 19.8 Å². The van der Waals surface area contributed by atoms with Crippen LogP contribution in [0, 0.1) is 0 Å². The maximum atomic E-state index is 5.84. The van der Waals surface area contributed by atoms with Crippen LogP contribution in [-0.4, -0.2) is 29.6 Å². The molecule has 0 atom stereocenters. The average Bonchev–Trinajstić information content (AvgIpc) is 2.37. The molecule has 0 bridgehead atoms. The van der Waals surface area contributed by atoms with Gasteiger partial charge in [0, 0.05) is 24.7 Å². The number of hydrogen-bond donors (Lipinski definition) is 1. The van der Waals surface area contributed by atoms with Crippen molar-refractivity contribution in [3.63, 3.8) is 0 Å². The van der Waals surface area contributed by atoms with E-state index in [0.29, 0.717) is 0 Å². The summed E-state index contributed by atoms with van der Waals surface area (Å²) in [5.41, 5.74) is 5.98. The van der Waals surface area contributed by atoms with Gasteiger partial charge in [-0.2, -0.15) is 0 Å².